The van der Waals surface area contributed by atoms with E-state index in [1.165, 1.54) is 0 Å². The molecule has 0 spiro atoms. The van der Waals surface area contributed by atoms with E-state index in [-0.39, 0.29) is 0 Å². The molecule has 2 saturated heterocycles. The van der Waals surface area contributed by atoms with Gasteiger partial charge in [0.25, 0.3) is 0 Å². The zero-order valence-electron chi connectivity index (χ0n) is 9.49. The summed E-state index contributed by atoms with van der Waals surface area (Å²) in [6.45, 7) is 4.39. The molecular formula is C13H14BrN3. The van der Waals surface area contributed by atoms with Gasteiger partial charge in [-0.15, -0.1) is 0 Å². The van der Waals surface area contributed by atoms with Gasteiger partial charge in [0.2, 0.25) is 0 Å². The van der Waals surface area contributed by atoms with E-state index in [0.29, 0.717) is 0 Å². The molecule has 3 rings (SSSR count). The van der Waals surface area contributed by atoms with Gasteiger partial charge in [0.1, 0.15) is 6.07 Å². The molecule has 2 atom stereocenters. The van der Waals surface area contributed by atoms with E-state index in [0.717, 1.165) is 53.7 Å². The van der Waals surface area contributed by atoms with E-state index in [1.807, 2.05) is 12.1 Å². The minimum atomic E-state index is 0.750. The second-order valence-electron chi connectivity index (χ2n) is 4.83. The van der Waals surface area contributed by atoms with Crippen molar-refractivity contribution < 1.29 is 0 Å². The second-order valence-corrected chi connectivity index (χ2v) is 5.68. The normalized spacial score (nSPS) is 26.9. The Hall–Kier alpha value is -1.05. The lowest BCUT2D eigenvalue weighted by molar-refractivity contribution is 0.533. The van der Waals surface area contributed by atoms with E-state index in [1.54, 1.807) is 0 Å². The fourth-order valence-corrected chi connectivity index (χ4v) is 3.38. The van der Waals surface area contributed by atoms with Gasteiger partial charge in [-0.3, -0.25) is 0 Å². The summed E-state index contributed by atoms with van der Waals surface area (Å²) >= 11 is 3.45. The molecule has 1 aromatic carbocycles. The molecule has 2 aliphatic heterocycles. The number of fused-ring (bicyclic) bond motifs is 1. The zero-order chi connectivity index (χ0) is 11.8. The van der Waals surface area contributed by atoms with E-state index < -0.39 is 0 Å². The Kier molecular flexibility index (Phi) is 2.81. The third-order valence-electron chi connectivity index (χ3n) is 3.83. The summed E-state index contributed by atoms with van der Waals surface area (Å²) in [7, 11) is 0. The third-order valence-corrected chi connectivity index (χ3v) is 4.49. The van der Waals surface area contributed by atoms with Crippen molar-refractivity contribution in [2.75, 3.05) is 31.1 Å². The number of hydrogen-bond donors (Lipinski definition) is 1. The first-order valence-electron chi connectivity index (χ1n) is 5.94. The fraction of sp³-hybridized carbons (Fsp3) is 0.462. The zero-order valence-corrected chi connectivity index (χ0v) is 11.1. The number of rotatable bonds is 1. The SMILES string of the molecule is N#Cc1c(Br)cccc1N1C[C@H]2CNC[C@H]2C1. The summed E-state index contributed by atoms with van der Waals surface area (Å²) in [6, 6.07) is 8.29. The molecule has 0 radical (unpaired) electrons. The summed E-state index contributed by atoms with van der Waals surface area (Å²) in [4.78, 5) is 2.36. The van der Waals surface area contributed by atoms with Crippen LogP contribution in [0.15, 0.2) is 22.7 Å². The number of nitriles is 1. The molecule has 0 bridgehead atoms. The highest BCUT2D eigenvalue weighted by Crippen LogP contribution is 2.34. The van der Waals surface area contributed by atoms with Crippen LogP contribution in [0.2, 0.25) is 0 Å². The highest BCUT2D eigenvalue weighted by Gasteiger charge is 2.36. The van der Waals surface area contributed by atoms with Gasteiger partial charge < -0.3 is 10.2 Å². The number of hydrogen-bond acceptors (Lipinski definition) is 3. The van der Waals surface area contributed by atoms with E-state index >= 15 is 0 Å². The van der Waals surface area contributed by atoms with Crippen molar-refractivity contribution in [1.29, 1.82) is 5.26 Å². The molecule has 4 heteroatoms. The first-order valence-corrected chi connectivity index (χ1v) is 6.73. The summed E-state index contributed by atoms with van der Waals surface area (Å²) in [5.74, 6) is 1.50. The van der Waals surface area contributed by atoms with Gasteiger partial charge in [-0.2, -0.15) is 5.26 Å². The number of halogens is 1. The Labute approximate surface area is 110 Å². The van der Waals surface area contributed by atoms with Gasteiger partial charge in [-0.05, 0) is 39.9 Å². The molecule has 2 aliphatic rings. The molecule has 2 heterocycles. The van der Waals surface area contributed by atoms with Crippen molar-refractivity contribution in [3.05, 3.63) is 28.2 Å². The van der Waals surface area contributed by atoms with Crippen molar-refractivity contribution >= 4 is 21.6 Å². The van der Waals surface area contributed by atoms with Crippen LogP contribution in [-0.2, 0) is 0 Å². The Bertz CT molecular complexity index is 468. The monoisotopic (exact) mass is 291 g/mol. The predicted octanol–water partition coefficient (Wildman–Crippen LogP) is 1.98. The molecule has 17 heavy (non-hydrogen) atoms. The summed E-state index contributed by atoms with van der Waals surface area (Å²) in [5.41, 5.74) is 1.84. The Balaban J connectivity index is 1.91. The fourth-order valence-electron chi connectivity index (χ4n) is 2.94. The molecule has 2 fully saturated rings. The van der Waals surface area contributed by atoms with Gasteiger partial charge >= 0.3 is 0 Å². The summed E-state index contributed by atoms with van der Waals surface area (Å²) in [6.07, 6.45) is 0. The highest BCUT2D eigenvalue weighted by molar-refractivity contribution is 9.10. The van der Waals surface area contributed by atoms with Gasteiger partial charge in [-0.25, -0.2) is 0 Å². The van der Waals surface area contributed by atoms with Crippen molar-refractivity contribution in [2.24, 2.45) is 11.8 Å². The van der Waals surface area contributed by atoms with E-state index in [2.05, 4.69) is 38.3 Å². The van der Waals surface area contributed by atoms with Crippen molar-refractivity contribution in [1.82, 2.24) is 5.32 Å². The molecule has 0 saturated carbocycles. The third kappa shape index (κ3) is 1.84. The van der Waals surface area contributed by atoms with E-state index in [9.17, 15) is 5.26 Å². The maximum absolute atomic E-state index is 9.24. The lowest BCUT2D eigenvalue weighted by atomic mass is 10.0. The molecular weight excluding hydrogens is 278 g/mol. The Morgan fingerprint density at radius 2 is 2.00 bits per heavy atom. The minimum absolute atomic E-state index is 0.750. The van der Waals surface area contributed by atoms with Crippen LogP contribution < -0.4 is 10.2 Å². The molecule has 0 aliphatic carbocycles. The predicted molar refractivity (Wildman–Crippen MR) is 70.9 cm³/mol. The number of nitrogens with zero attached hydrogens (tertiary/aromatic N) is 2. The topological polar surface area (TPSA) is 39.1 Å². The van der Waals surface area contributed by atoms with Crippen LogP contribution >= 0.6 is 15.9 Å². The summed E-state index contributed by atoms with van der Waals surface area (Å²) < 4.78 is 0.896. The van der Waals surface area contributed by atoms with Crippen LogP contribution in [0.1, 0.15) is 5.56 Å². The molecule has 0 unspecified atom stereocenters. The lowest BCUT2D eigenvalue weighted by Gasteiger charge is -2.21. The average molecular weight is 292 g/mol. The van der Waals surface area contributed by atoms with Gasteiger partial charge in [-0.1, -0.05) is 6.07 Å². The second kappa shape index (κ2) is 4.32. The molecule has 3 nitrogen and oxygen atoms in total. The number of anilines is 1. The smallest absolute Gasteiger partial charge is 0.103 e. The number of benzene rings is 1. The number of nitrogens with one attached hydrogen (secondary N) is 1. The van der Waals surface area contributed by atoms with Crippen LogP contribution in [0.25, 0.3) is 0 Å². The molecule has 88 valence electrons. The quantitative estimate of drug-likeness (QED) is 0.860. The van der Waals surface area contributed by atoms with Gasteiger partial charge in [0.05, 0.1) is 11.3 Å². The van der Waals surface area contributed by atoms with Crippen molar-refractivity contribution in [3.8, 4) is 6.07 Å². The van der Waals surface area contributed by atoms with E-state index in [4.69, 9.17) is 0 Å². The largest absolute Gasteiger partial charge is 0.370 e. The maximum atomic E-state index is 9.24. The van der Waals surface area contributed by atoms with Crippen LogP contribution in [0.3, 0.4) is 0 Å². The van der Waals surface area contributed by atoms with Crippen LogP contribution in [-0.4, -0.2) is 26.2 Å². The van der Waals surface area contributed by atoms with Crippen LogP contribution in [0.5, 0.6) is 0 Å². The molecule has 1 N–H and O–H groups in total. The van der Waals surface area contributed by atoms with Gasteiger partial charge in [0.15, 0.2) is 0 Å². The maximum Gasteiger partial charge on any atom is 0.103 e. The molecule has 0 aromatic heterocycles. The summed E-state index contributed by atoms with van der Waals surface area (Å²) in [5, 5.41) is 12.7. The van der Waals surface area contributed by atoms with Crippen LogP contribution in [0, 0.1) is 23.2 Å². The first-order chi connectivity index (χ1) is 8.29. The first kappa shape index (κ1) is 11.1. The average Bonchev–Trinajstić information content (AvgIpc) is 2.88. The lowest BCUT2D eigenvalue weighted by Crippen LogP contribution is -2.26. The molecule has 0 amide bonds. The van der Waals surface area contributed by atoms with Crippen LogP contribution in [0.4, 0.5) is 5.69 Å². The van der Waals surface area contributed by atoms with Gasteiger partial charge in [0, 0.05) is 30.7 Å². The molecule has 1 aromatic rings. The minimum Gasteiger partial charge on any atom is -0.370 e. The standard InChI is InChI=1S/C13H14BrN3/c14-12-2-1-3-13(11(12)4-15)17-7-9-5-16-6-10(9)8-17/h1-3,9-10,16H,5-8H2/t9-,10+. The Morgan fingerprint density at radius 1 is 1.29 bits per heavy atom. The highest BCUT2D eigenvalue weighted by atomic mass is 79.9. The van der Waals surface area contributed by atoms with Crippen molar-refractivity contribution in [2.45, 2.75) is 0 Å². The Morgan fingerprint density at radius 3 is 2.65 bits per heavy atom. The van der Waals surface area contributed by atoms with Crippen molar-refractivity contribution in [3.63, 3.8) is 0 Å².